The van der Waals surface area contributed by atoms with E-state index in [2.05, 4.69) is 54.6 Å². The first-order valence-corrected chi connectivity index (χ1v) is 8.72. The summed E-state index contributed by atoms with van der Waals surface area (Å²) in [6.07, 6.45) is 2.34. The lowest BCUT2D eigenvalue weighted by molar-refractivity contribution is -0.132. The fourth-order valence-corrected chi connectivity index (χ4v) is 2.85. The Bertz CT molecular complexity index is 589. The Hall–Kier alpha value is -2.04. The minimum absolute atomic E-state index is 0.0289. The summed E-state index contributed by atoms with van der Waals surface area (Å²) < 4.78 is 0. The van der Waals surface area contributed by atoms with Crippen molar-refractivity contribution in [3.63, 3.8) is 0 Å². The normalized spacial score (nSPS) is 15.0. The Labute approximate surface area is 145 Å². The number of aliphatic imine (C=N–C) groups is 1. The molecule has 0 aliphatic carbocycles. The van der Waals surface area contributed by atoms with Crippen LogP contribution in [0.3, 0.4) is 0 Å². The molecule has 1 aliphatic rings. The summed E-state index contributed by atoms with van der Waals surface area (Å²) in [6, 6.07) is 8.40. The molecule has 5 heteroatoms. The molecule has 2 N–H and O–H groups in total. The van der Waals surface area contributed by atoms with E-state index in [-0.39, 0.29) is 11.4 Å². The third-order valence-corrected chi connectivity index (χ3v) is 4.06. The van der Waals surface area contributed by atoms with E-state index < -0.39 is 0 Å². The van der Waals surface area contributed by atoms with Crippen molar-refractivity contribution in [1.82, 2.24) is 15.5 Å². The van der Waals surface area contributed by atoms with Gasteiger partial charge < -0.3 is 15.5 Å². The van der Waals surface area contributed by atoms with E-state index in [9.17, 15) is 4.79 Å². The smallest absolute Gasteiger partial charge is 0.222 e. The topological polar surface area (TPSA) is 56.7 Å². The lowest BCUT2D eigenvalue weighted by Gasteiger charge is -2.29. The van der Waals surface area contributed by atoms with E-state index in [4.69, 9.17) is 0 Å². The standard InChI is InChI=1S/C19H30N4O/c1-19(2,3)22-18(20-4)21-12-7-10-17(24)23-13-11-15-8-5-6-9-16(15)14-23/h5-6,8-9H,7,10-14H2,1-4H3,(H2,20,21,22). The van der Waals surface area contributed by atoms with Gasteiger partial charge in [0.05, 0.1) is 0 Å². The number of rotatable bonds is 4. The highest BCUT2D eigenvalue weighted by Crippen LogP contribution is 2.19. The quantitative estimate of drug-likeness (QED) is 0.506. The Morgan fingerprint density at radius 3 is 2.62 bits per heavy atom. The average molecular weight is 330 g/mol. The summed E-state index contributed by atoms with van der Waals surface area (Å²) in [5.74, 6) is 1.02. The van der Waals surface area contributed by atoms with Crippen molar-refractivity contribution < 1.29 is 4.79 Å². The van der Waals surface area contributed by atoms with Gasteiger partial charge in [0.1, 0.15) is 0 Å². The van der Waals surface area contributed by atoms with E-state index in [1.807, 2.05) is 11.0 Å². The van der Waals surface area contributed by atoms with E-state index in [1.165, 1.54) is 11.1 Å². The van der Waals surface area contributed by atoms with Gasteiger partial charge in [-0.15, -0.1) is 0 Å². The van der Waals surface area contributed by atoms with E-state index in [0.717, 1.165) is 38.4 Å². The number of guanidine groups is 1. The lowest BCUT2D eigenvalue weighted by atomic mass is 9.99. The maximum Gasteiger partial charge on any atom is 0.222 e. The molecule has 1 aromatic carbocycles. The number of nitrogens with one attached hydrogen (secondary N) is 2. The molecule has 1 heterocycles. The van der Waals surface area contributed by atoms with Crippen molar-refractivity contribution in [1.29, 1.82) is 0 Å². The minimum atomic E-state index is -0.0289. The first kappa shape index (κ1) is 18.3. The summed E-state index contributed by atoms with van der Waals surface area (Å²) in [6.45, 7) is 8.60. The van der Waals surface area contributed by atoms with Crippen LogP contribution in [0, 0.1) is 0 Å². The molecule has 2 rings (SSSR count). The number of carbonyl (C=O) groups excluding carboxylic acids is 1. The Morgan fingerprint density at radius 2 is 1.96 bits per heavy atom. The summed E-state index contributed by atoms with van der Waals surface area (Å²) >= 11 is 0. The number of benzene rings is 1. The largest absolute Gasteiger partial charge is 0.356 e. The summed E-state index contributed by atoms with van der Waals surface area (Å²) in [7, 11) is 1.76. The minimum Gasteiger partial charge on any atom is -0.356 e. The third-order valence-electron chi connectivity index (χ3n) is 4.06. The van der Waals surface area contributed by atoms with Crippen LogP contribution in [0.4, 0.5) is 0 Å². The zero-order valence-corrected chi connectivity index (χ0v) is 15.4. The van der Waals surface area contributed by atoms with Crippen molar-refractivity contribution in [2.24, 2.45) is 4.99 Å². The molecule has 0 fully saturated rings. The molecule has 0 aromatic heterocycles. The maximum atomic E-state index is 12.4. The molecule has 132 valence electrons. The third kappa shape index (κ3) is 5.55. The molecule has 1 aliphatic heterocycles. The molecule has 0 saturated heterocycles. The number of amides is 1. The molecule has 0 bridgehead atoms. The van der Waals surface area contributed by atoms with E-state index in [1.54, 1.807) is 7.05 Å². The van der Waals surface area contributed by atoms with Crippen molar-refractivity contribution >= 4 is 11.9 Å². The van der Waals surface area contributed by atoms with Gasteiger partial charge in [0.2, 0.25) is 5.91 Å². The van der Waals surface area contributed by atoms with Crippen LogP contribution < -0.4 is 10.6 Å². The molecular formula is C19H30N4O. The monoisotopic (exact) mass is 330 g/mol. The molecule has 0 spiro atoms. The zero-order chi connectivity index (χ0) is 17.6. The number of nitrogens with zero attached hydrogens (tertiary/aromatic N) is 2. The number of fused-ring (bicyclic) bond motifs is 1. The summed E-state index contributed by atoms with van der Waals surface area (Å²) in [5.41, 5.74) is 2.63. The van der Waals surface area contributed by atoms with Gasteiger partial charge in [0.15, 0.2) is 5.96 Å². The van der Waals surface area contributed by atoms with Crippen molar-refractivity contribution in [3.05, 3.63) is 35.4 Å². The highest BCUT2D eigenvalue weighted by Gasteiger charge is 2.19. The van der Waals surface area contributed by atoms with Gasteiger partial charge >= 0.3 is 0 Å². The van der Waals surface area contributed by atoms with E-state index in [0.29, 0.717) is 6.42 Å². The molecule has 0 atom stereocenters. The second-order valence-corrected chi connectivity index (χ2v) is 7.31. The summed E-state index contributed by atoms with van der Waals surface area (Å²) in [4.78, 5) is 18.6. The Kier molecular flexibility index (Phi) is 6.23. The molecule has 5 nitrogen and oxygen atoms in total. The highest BCUT2D eigenvalue weighted by atomic mass is 16.2. The fourth-order valence-electron chi connectivity index (χ4n) is 2.85. The maximum absolute atomic E-state index is 12.4. The number of carbonyl (C=O) groups is 1. The molecule has 0 radical (unpaired) electrons. The van der Waals surface area contributed by atoms with Gasteiger partial charge in [-0.25, -0.2) is 0 Å². The van der Waals surface area contributed by atoms with Crippen LogP contribution in [0.1, 0.15) is 44.7 Å². The van der Waals surface area contributed by atoms with Crippen LogP contribution in [0.5, 0.6) is 0 Å². The van der Waals surface area contributed by atoms with Crippen LogP contribution in [0.25, 0.3) is 0 Å². The fraction of sp³-hybridized carbons (Fsp3) is 0.579. The molecule has 1 aromatic rings. The zero-order valence-electron chi connectivity index (χ0n) is 15.4. The van der Waals surface area contributed by atoms with Crippen LogP contribution in [-0.2, 0) is 17.8 Å². The second-order valence-electron chi connectivity index (χ2n) is 7.31. The highest BCUT2D eigenvalue weighted by molar-refractivity contribution is 5.80. The second kappa shape index (κ2) is 8.18. The number of hydrogen-bond donors (Lipinski definition) is 2. The lowest BCUT2D eigenvalue weighted by Crippen LogP contribution is -2.47. The van der Waals surface area contributed by atoms with Crippen LogP contribution in [0.2, 0.25) is 0 Å². The average Bonchev–Trinajstić information content (AvgIpc) is 2.55. The first-order valence-electron chi connectivity index (χ1n) is 8.72. The van der Waals surface area contributed by atoms with Crippen molar-refractivity contribution in [3.8, 4) is 0 Å². The molecule has 0 unspecified atom stereocenters. The van der Waals surface area contributed by atoms with Crippen molar-refractivity contribution in [2.45, 2.75) is 52.1 Å². The van der Waals surface area contributed by atoms with Gasteiger partial charge in [-0.3, -0.25) is 9.79 Å². The van der Waals surface area contributed by atoms with Crippen LogP contribution >= 0.6 is 0 Å². The van der Waals surface area contributed by atoms with Crippen LogP contribution in [0.15, 0.2) is 29.3 Å². The molecule has 0 saturated carbocycles. The van der Waals surface area contributed by atoms with Gasteiger partial charge in [-0.1, -0.05) is 24.3 Å². The SMILES string of the molecule is CN=C(NCCCC(=O)N1CCc2ccccc2C1)NC(C)(C)C. The predicted octanol–water partition coefficient (Wildman–Crippen LogP) is 2.31. The van der Waals surface area contributed by atoms with Gasteiger partial charge in [-0.05, 0) is 44.7 Å². The van der Waals surface area contributed by atoms with Gasteiger partial charge in [0, 0.05) is 38.6 Å². The molecular weight excluding hydrogens is 300 g/mol. The first-order chi connectivity index (χ1) is 11.4. The summed E-state index contributed by atoms with van der Waals surface area (Å²) in [5, 5.41) is 6.58. The Morgan fingerprint density at radius 1 is 1.25 bits per heavy atom. The molecule has 1 amide bonds. The van der Waals surface area contributed by atoms with Crippen molar-refractivity contribution in [2.75, 3.05) is 20.1 Å². The van der Waals surface area contributed by atoms with Gasteiger partial charge in [0.25, 0.3) is 0 Å². The predicted molar refractivity (Wildman–Crippen MR) is 99.0 cm³/mol. The van der Waals surface area contributed by atoms with Gasteiger partial charge in [-0.2, -0.15) is 0 Å². The molecule has 24 heavy (non-hydrogen) atoms. The number of hydrogen-bond acceptors (Lipinski definition) is 2. The Balaban J connectivity index is 1.72. The van der Waals surface area contributed by atoms with E-state index >= 15 is 0 Å². The van der Waals surface area contributed by atoms with Crippen LogP contribution in [-0.4, -0.2) is 42.4 Å².